The maximum atomic E-state index is 13.0. The first kappa shape index (κ1) is 22.0. The number of piperidine rings is 1. The molecule has 9 heteroatoms. The maximum absolute atomic E-state index is 13.0. The van der Waals surface area contributed by atoms with Crippen LogP contribution < -0.4 is 4.72 Å². The average molecular weight is 460 g/mol. The lowest BCUT2D eigenvalue weighted by molar-refractivity contribution is 0.178. The number of sulfonamides is 1. The molecule has 2 heterocycles. The molecule has 7 nitrogen and oxygen atoms in total. The Morgan fingerprint density at radius 1 is 1.00 bits per heavy atom. The van der Waals surface area contributed by atoms with E-state index in [1.165, 1.54) is 6.33 Å². The van der Waals surface area contributed by atoms with Crippen LogP contribution in [0.4, 0.5) is 0 Å². The summed E-state index contributed by atoms with van der Waals surface area (Å²) in [6.07, 6.45) is 4.92. The highest BCUT2D eigenvalue weighted by atomic mass is 35.5. The second kappa shape index (κ2) is 9.91. The molecular weight excluding hydrogens is 434 g/mol. The standard InChI is InChI=1S/C22H26ClN5O2S/c23-21-7-3-1-5-19(21)14-27-11-9-18(10-12-27)13-26-31(29,30)22-8-4-2-6-20(22)15-28-17-24-16-25-28/h1-8,16-18,26H,9-15H2. The summed E-state index contributed by atoms with van der Waals surface area (Å²) in [7, 11) is -3.60. The summed E-state index contributed by atoms with van der Waals surface area (Å²) in [4.78, 5) is 6.59. The molecule has 0 saturated carbocycles. The first-order valence-corrected chi connectivity index (χ1v) is 12.2. The van der Waals surface area contributed by atoms with Crippen molar-refractivity contribution < 1.29 is 8.42 Å². The Hall–Kier alpha value is -2.26. The second-order valence-corrected chi connectivity index (χ2v) is 10.0. The molecule has 0 spiro atoms. The van der Waals surface area contributed by atoms with Gasteiger partial charge < -0.3 is 0 Å². The van der Waals surface area contributed by atoms with Crippen molar-refractivity contribution in [3.8, 4) is 0 Å². The molecule has 164 valence electrons. The van der Waals surface area contributed by atoms with Crippen LogP contribution in [0.25, 0.3) is 0 Å². The van der Waals surface area contributed by atoms with Gasteiger partial charge in [0.2, 0.25) is 10.0 Å². The Kier molecular flexibility index (Phi) is 7.02. The number of aromatic nitrogens is 3. The number of likely N-dealkylation sites (tertiary alicyclic amines) is 1. The molecule has 1 aliphatic heterocycles. The van der Waals surface area contributed by atoms with Gasteiger partial charge in [-0.05, 0) is 55.1 Å². The van der Waals surface area contributed by atoms with Crippen molar-refractivity contribution in [3.63, 3.8) is 0 Å². The molecule has 1 fully saturated rings. The van der Waals surface area contributed by atoms with E-state index in [0.29, 0.717) is 29.5 Å². The lowest BCUT2D eigenvalue weighted by atomic mass is 9.97. The molecule has 0 bridgehead atoms. The molecule has 0 amide bonds. The van der Waals surface area contributed by atoms with E-state index in [0.717, 1.165) is 43.1 Å². The molecule has 31 heavy (non-hydrogen) atoms. The van der Waals surface area contributed by atoms with Crippen LogP contribution in [0, 0.1) is 5.92 Å². The highest BCUT2D eigenvalue weighted by Crippen LogP contribution is 2.23. The van der Waals surface area contributed by atoms with E-state index < -0.39 is 10.0 Å². The fourth-order valence-electron chi connectivity index (χ4n) is 3.91. The topological polar surface area (TPSA) is 80.1 Å². The van der Waals surface area contributed by atoms with E-state index in [2.05, 4.69) is 25.8 Å². The van der Waals surface area contributed by atoms with Crippen LogP contribution in [-0.2, 0) is 23.1 Å². The van der Waals surface area contributed by atoms with Crippen LogP contribution in [0.1, 0.15) is 24.0 Å². The van der Waals surface area contributed by atoms with E-state index in [1.54, 1.807) is 23.1 Å². The van der Waals surface area contributed by atoms with Gasteiger partial charge in [-0.1, -0.05) is 48.0 Å². The van der Waals surface area contributed by atoms with Gasteiger partial charge in [-0.25, -0.2) is 22.8 Å². The predicted molar refractivity (Wildman–Crippen MR) is 120 cm³/mol. The van der Waals surface area contributed by atoms with Crippen molar-refractivity contribution in [2.75, 3.05) is 19.6 Å². The molecule has 2 aromatic carbocycles. The zero-order chi connectivity index (χ0) is 21.7. The van der Waals surface area contributed by atoms with E-state index in [1.807, 2.05) is 30.3 Å². The Morgan fingerprint density at radius 2 is 1.71 bits per heavy atom. The number of hydrogen-bond acceptors (Lipinski definition) is 5. The van der Waals surface area contributed by atoms with E-state index in [4.69, 9.17) is 11.6 Å². The van der Waals surface area contributed by atoms with Crippen LogP contribution in [0.5, 0.6) is 0 Å². The summed E-state index contributed by atoms with van der Waals surface area (Å²) in [5.41, 5.74) is 1.82. The van der Waals surface area contributed by atoms with Gasteiger partial charge in [-0.15, -0.1) is 0 Å². The van der Waals surface area contributed by atoms with Gasteiger partial charge in [0.05, 0.1) is 11.4 Å². The molecule has 4 rings (SSSR count). The fourth-order valence-corrected chi connectivity index (χ4v) is 5.45. The van der Waals surface area contributed by atoms with E-state index in [9.17, 15) is 8.42 Å². The molecule has 0 atom stereocenters. The fraction of sp³-hybridized carbons (Fsp3) is 0.364. The first-order chi connectivity index (χ1) is 15.0. The van der Waals surface area contributed by atoms with Gasteiger partial charge in [0.25, 0.3) is 0 Å². The highest BCUT2D eigenvalue weighted by molar-refractivity contribution is 7.89. The van der Waals surface area contributed by atoms with Crippen molar-refractivity contribution in [1.29, 1.82) is 0 Å². The summed E-state index contributed by atoms with van der Waals surface area (Å²) < 4.78 is 30.4. The summed E-state index contributed by atoms with van der Waals surface area (Å²) in [6, 6.07) is 14.9. The van der Waals surface area contributed by atoms with E-state index in [-0.39, 0.29) is 0 Å². The third kappa shape index (κ3) is 5.71. The van der Waals surface area contributed by atoms with Crippen LogP contribution >= 0.6 is 11.6 Å². The van der Waals surface area contributed by atoms with Crippen molar-refractivity contribution >= 4 is 21.6 Å². The van der Waals surface area contributed by atoms with Gasteiger partial charge in [0, 0.05) is 18.1 Å². The van der Waals surface area contributed by atoms with Crippen molar-refractivity contribution in [2.24, 2.45) is 5.92 Å². The molecule has 0 unspecified atom stereocenters. The normalized spacial score (nSPS) is 15.9. The van der Waals surface area contributed by atoms with Crippen molar-refractivity contribution in [1.82, 2.24) is 24.4 Å². The second-order valence-electron chi connectivity index (χ2n) is 7.86. The third-order valence-corrected chi connectivity index (χ3v) is 7.57. The van der Waals surface area contributed by atoms with Crippen molar-refractivity contribution in [2.45, 2.75) is 30.8 Å². The SMILES string of the molecule is O=S(=O)(NCC1CCN(Cc2ccccc2Cl)CC1)c1ccccc1Cn1cncn1. The van der Waals surface area contributed by atoms with Crippen LogP contribution in [0.15, 0.2) is 66.1 Å². The maximum Gasteiger partial charge on any atom is 0.240 e. The lowest BCUT2D eigenvalue weighted by Crippen LogP contribution is -2.38. The summed E-state index contributed by atoms with van der Waals surface area (Å²) in [6.45, 7) is 3.49. The smallest absolute Gasteiger partial charge is 0.240 e. The molecule has 0 radical (unpaired) electrons. The molecular formula is C22H26ClN5O2S. The Labute approximate surface area is 188 Å². The monoisotopic (exact) mass is 459 g/mol. The molecule has 0 aliphatic carbocycles. The minimum absolute atomic E-state index is 0.293. The van der Waals surface area contributed by atoms with Gasteiger partial charge in [0.1, 0.15) is 12.7 Å². The third-order valence-electron chi connectivity index (χ3n) is 5.68. The zero-order valence-corrected chi connectivity index (χ0v) is 18.8. The summed E-state index contributed by atoms with van der Waals surface area (Å²) in [5.74, 6) is 0.319. The zero-order valence-electron chi connectivity index (χ0n) is 17.2. The predicted octanol–water partition coefficient (Wildman–Crippen LogP) is 3.17. The first-order valence-electron chi connectivity index (χ1n) is 10.4. The van der Waals surface area contributed by atoms with Gasteiger partial charge in [0.15, 0.2) is 0 Å². The highest BCUT2D eigenvalue weighted by Gasteiger charge is 2.23. The number of benzene rings is 2. The minimum atomic E-state index is -3.60. The summed E-state index contributed by atoms with van der Waals surface area (Å²) >= 11 is 6.28. The number of nitrogens with zero attached hydrogens (tertiary/aromatic N) is 4. The number of halogens is 1. The minimum Gasteiger partial charge on any atom is -0.299 e. The molecule has 1 N–H and O–H groups in total. The van der Waals surface area contributed by atoms with Crippen LogP contribution in [0.2, 0.25) is 5.02 Å². The lowest BCUT2D eigenvalue weighted by Gasteiger charge is -2.32. The van der Waals surface area contributed by atoms with Gasteiger partial charge in [-0.2, -0.15) is 5.10 Å². The van der Waals surface area contributed by atoms with E-state index >= 15 is 0 Å². The molecule has 1 aliphatic rings. The van der Waals surface area contributed by atoms with Gasteiger partial charge >= 0.3 is 0 Å². The number of rotatable bonds is 8. The number of hydrogen-bond donors (Lipinski definition) is 1. The molecule has 1 aromatic heterocycles. The quantitative estimate of drug-likeness (QED) is 0.559. The Bertz CT molecular complexity index is 1100. The molecule has 3 aromatic rings. The van der Waals surface area contributed by atoms with Crippen molar-refractivity contribution in [3.05, 3.63) is 77.3 Å². The number of nitrogens with one attached hydrogen (secondary N) is 1. The largest absolute Gasteiger partial charge is 0.299 e. The molecule has 1 saturated heterocycles. The average Bonchev–Trinajstić information content (AvgIpc) is 3.28. The van der Waals surface area contributed by atoms with Crippen LogP contribution in [0.3, 0.4) is 0 Å². The Morgan fingerprint density at radius 3 is 2.42 bits per heavy atom. The van der Waals surface area contributed by atoms with Crippen LogP contribution in [-0.4, -0.2) is 47.7 Å². The Balaban J connectivity index is 1.32. The van der Waals surface area contributed by atoms with Gasteiger partial charge in [-0.3, -0.25) is 4.90 Å². The summed E-state index contributed by atoms with van der Waals surface area (Å²) in [5, 5.41) is 4.87.